The van der Waals surface area contributed by atoms with Gasteiger partial charge in [0.25, 0.3) is 0 Å². The average molecular weight is 294 g/mol. The van der Waals surface area contributed by atoms with Gasteiger partial charge >= 0.3 is 0 Å². The van der Waals surface area contributed by atoms with Crippen LogP contribution in [0.1, 0.15) is 16.8 Å². The van der Waals surface area contributed by atoms with E-state index in [1.54, 1.807) is 18.3 Å². The van der Waals surface area contributed by atoms with Gasteiger partial charge in [0.2, 0.25) is 0 Å². The van der Waals surface area contributed by atoms with Gasteiger partial charge in [-0.3, -0.25) is 0 Å². The first-order valence-corrected chi connectivity index (χ1v) is 6.62. The van der Waals surface area contributed by atoms with Crippen molar-refractivity contribution in [3.8, 4) is 29.0 Å². The molecule has 2 N–H and O–H groups in total. The highest BCUT2D eigenvalue weighted by Gasteiger charge is 2.21. The number of pyridine rings is 1. The zero-order valence-corrected chi connectivity index (χ0v) is 11.5. The lowest BCUT2D eigenvalue weighted by Gasteiger charge is -2.21. The van der Waals surface area contributed by atoms with Gasteiger partial charge in [0.05, 0.1) is 12.1 Å². The summed E-state index contributed by atoms with van der Waals surface area (Å²) in [5.41, 5.74) is 8.31. The maximum absolute atomic E-state index is 14.2. The number of nitrogens with zero attached hydrogens (tertiary/aromatic N) is 3. The number of nitrogens with two attached hydrogens (primary N) is 1. The molecule has 0 saturated heterocycles. The molecule has 1 aliphatic rings. The molecular weight excluding hydrogens is 283 g/mol. The van der Waals surface area contributed by atoms with Crippen molar-refractivity contribution in [2.45, 2.75) is 19.1 Å². The summed E-state index contributed by atoms with van der Waals surface area (Å²) in [4.78, 5) is 4.02. The minimum absolute atomic E-state index is 0.122. The van der Waals surface area contributed by atoms with E-state index in [1.165, 1.54) is 6.07 Å². The minimum atomic E-state index is -0.761. The van der Waals surface area contributed by atoms with Gasteiger partial charge in [-0.1, -0.05) is 0 Å². The smallest absolute Gasteiger partial charge is 0.140 e. The predicted octanol–water partition coefficient (Wildman–Crippen LogP) is 2.05. The third-order valence-electron chi connectivity index (χ3n) is 3.53. The highest BCUT2D eigenvalue weighted by Crippen LogP contribution is 2.39. The molecule has 0 radical (unpaired) electrons. The van der Waals surface area contributed by atoms with E-state index in [2.05, 4.69) is 4.98 Å². The molecule has 0 saturated carbocycles. The Labute approximate surface area is 126 Å². The SMILES string of the molecule is N#Cc1cc2c(cn1)-c1cc(F)c(CC(N)C#N)cc1OC2. The maximum atomic E-state index is 14.2. The average Bonchev–Trinajstić information content (AvgIpc) is 2.54. The number of halogens is 1. The van der Waals surface area contributed by atoms with Gasteiger partial charge in [-0.25, -0.2) is 9.37 Å². The Bertz CT molecular complexity index is 835. The van der Waals surface area contributed by atoms with E-state index < -0.39 is 11.9 Å². The maximum Gasteiger partial charge on any atom is 0.140 e. The molecule has 0 aliphatic carbocycles. The van der Waals surface area contributed by atoms with Gasteiger partial charge < -0.3 is 10.5 Å². The first-order valence-electron chi connectivity index (χ1n) is 6.62. The molecule has 2 heterocycles. The summed E-state index contributed by atoms with van der Waals surface area (Å²) in [5.74, 6) is 0.0887. The van der Waals surface area contributed by atoms with Crippen molar-refractivity contribution >= 4 is 0 Å². The number of aromatic nitrogens is 1. The van der Waals surface area contributed by atoms with E-state index in [9.17, 15) is 4.39 Å². The number of hydrogen-bond acceptors (Lipinski definition) is 5. The van der Waals surface area contributed by atoms with Crippen LogP contribution in [-0.4, -0.2) is 11.0 Å². The fourth-order valence-corrected chi connectivity index (χ4v) is 2.44. The Kier molecular flexibility index (Phi) is 3.46. The van der Waals surface area contributed by atoms with Gasteiger partial charge in [0.15, 0.2) is 0 Å². The second-order valence-corrected chi connectivity index (χ2v) is 5.01. The van der Waals surface area contributed by atoms with Crippen LogP contribution in [0.2, 0.25) is 0 Å². The van der Waals surface area contributed by atoms with Crippen LogP contribution in [0.5, 0.6) is 5.75 Å². The van der Waals surface area contributed by atoms with E-state index in [0.717, 1.165) is 11.1 Å². The van der Waals surface area contributed by atoms with Crippen LogP contribution in [0, 0.1) is 28.5 Å². The lowest BCUT2D eigenvalue weighted by atomic mass is 9.95. The highest BCUT2D eigenvalue weighted by atomic mass is 19.1. The Balaban J connectivity index is 2.06. The lowest BCUT2D eigenvalue weighted by molar-refractivity contribution is 0.301. The molecule has 1 aliphatic heterocycles. The number of ether oxygens (including phenoxy) is 1. The van der Waals surface area contributed by atoms with Gasteiger partial charge in [-0.05, 0) is 23.8 Å². The van der Waals surface area contributed by atoms with Crippen molar-refractivity contribution < 1.29 is 9.13 Å². The molecule has 1 aromatic heterocycles. The summed E-state index contributed by atoms with van der Waals surface area (Å²) in [6, 6.07) is 7.65. The predicted molar refractivity (Wildman–Crippen MR) is 76.0 cm³/mol. The molecule has 2 aromatic rings. The molecule has 1 aromatic carbocycles. The monoisotopic (exact) mass is 294 g/mol. The van der Waals surface area contributed by atoms with Crippen LogP contribution >= 0.6 is 0 Å². The normalized spacial score (nSPS) is 13.1. The molecule has 108 valence electrons. The molecular formula is C16H11FN4O. The standard InChI is InChI=1S/C16H11FN4O/c17-15-4-13-14-7-21-12(6-19)2-10(14)8-22-16(13)3-9(15)1-11(20)5-18/h2-4,7,11H,1,8,20H2. The van der Waals surface area contributed by atoms with Gasteiger partial charge in [0.1, 0.15) is 29.9 Å². The Morgan fingerprint density at radius 2 is 2.14 bits per heavy atom. The second-order valence-electron chi connectivity index (χ2n) is 5.01. The van der Waals surface area contributed by atoms with Crippen LogP contribution in [0.4, 0.5) is 4.39 Å². The van der Waals surface area contributed by atoms with Crippen molar-refractivity contribution in [2.24, 2.45) is 5.73 Å². The Hall–Kier alpha value is -2.96. The third-order valence-corrected chi connectivity index (χ3v) is 3.53. The molecule has 0 amide bonds. The number of rotatable bonds is 2. The first-order chi connectivity index (χ1) is 10.6. The minimum Gasteiger partial charge on any atom is -0.488 e. The quantitative estimate of drug-likeness (QED) is 0.914. The van der Waals surface area contributed by atoms with Crippen LogP contribution < -0.4 is 10.5 Å². The van der Waals surface area contributed by atoms with Gasteiger partial charge in [-0.15, -0.1) is 0 Å². The van der Waals surface area contributed by atoms with Crippen molar-refractivity contribution in [3.63, 3.8) is 0 Å². The van der Waals surface area contributed by atoms with Crippen LogP contribution in [0.3, 0.4) is 0 Å². The van der Waals surface area contributed by atoms with Crippen molar-refractivity contribution in [3.05, 3.63) is 47.0 Å². The van der Waals surface area contributed by atoms with E-state index in [0.29, 0.717) is 22.6 Å². The number of nitriles is 2. The summed E-state index contributed by atoms with van der Waals surface area (Å²) >= 11 is 0. The molecule has 1 unspecified atom stereocenters. The van der Waals surface area contributed by atoms with Gasteiger partial charge in [0, 0.05) is 29.3 Å². The molecule has 5 nitrogen and oxygen atoms in total. The summed E-state index contributed by atoms with van der Waals surface area (Å²) in [5, 5.41) is 17.6. The fourth-order valence-electron chi connectivity index (χ4n) is 2.44. The van der Waals surface area contributed by atoms with Crippen molar-refractivity contribution in [1.29, 1.82) is 10.5 Å². The zero-order valence-electron chi connectivity index (χ0n) is 11.5. The Morgan fingerprint density at radius 3 is 2.86 bits per heavy atom. The molecule has 0 spiro atoms. The molecule has 0 fully saturated rings. The summed E-state index contributed by atoms with van der Waals surface area (Å²) in [7, 11) is 0. The van der Waals surface area contributed by atoms with Crippen molar-refractivity contribution in [2.75, 3.05) is 0 Å². The Morgan fingerprint density at radius 1 is 1.32 bits per heavy atom. The highest BCUT2D eigenvalue weighted by molar-refractivity contribution is 5.75. The zero-order chi connectivity index (χ0) is 15.7. The second kappa shape index (κ2) is 5.44. The summed E-state index contributed by atoms with van der Waals surface area (Å²) in [6.45, 7) is 0.287. The van der Waals surface area contributed by atoms with E-state index >= 15 is 0 Å². The molecule has 1 atom stereocenters. The van der Waals surface area contributed by atoms with E-state index in [-0.39, 0.29) is 13.0 Å². The van der Waals surface area contributed by atoms with Crippen LogP contribution in [-0.2, 0) is 13.0 Å². The van der Waals surface area contributed by atoms with Gasteiger partial charge in [-0.2, -0.15) is 10.5 Å². The van der Waals surface area contributed by atoms with Crippen molar-refractivity contribution in [1.82, 2.24) is 4.98 Å². The number of fused-ring (bicyclic) bond motifs is 3. The topological polar surface area (TPSA) is 95.7 Å². The first kappa shape index (κ1) is 14.0. The molecule has 0 bridgehead atoms. The molecule has 3 rings (SSSR count). The van der Waals surface area contributed by atoms with E-state index in [4.69, 9.17) is 21.0 Å². The number of hydrogen-bond donors (Lipinski definition) is 1. The van der Waals surface area contributed by atoms with Crippen LogP contribution in [0.25, 0.3) is 11.1 Å². The van der Waals surface area contributed by atoms with E-state index in [1.807, 2.05) is 12.1 Å². The molecule has 22 heavy (non-hydrogen) atoms. The molecule has 6 heteroatoms. The largest absolute Gasteiger partial charge is 0.488 e. The fraction of sp³-hybridized carbons (Fsp3) is 0.188. The third kappa shape index (κ3) is 2.37. The lowest BCUT2D eigenvalue weighted by Crippen LogP contribution is -2.21. The summed E-state index contributed by atoms with van der Waals surface area (Å²) in [6.07, 6.45) is 1.67. The number of benzene rings is 1. The summed E-state index contributed by atoms with van der Waals surface area (Å²) < 4.78 is 19.9. The van der Waals surface area contributed by atoms with Crippen LogP contribution in [0.15, 0.2) is 24.4 Å².